The van der Waals surface area contributed by atoms with Gasteiger partial charge >= 0.3 is 0 Å². The molecule has 1 amide bonds. The van der Waals surface area contributed by atoms with E-state index in [0.717, 1.165) is 16.3 Å². The minimum absolute atomic E-state index is 0. The highest BCUT2D eigenvalue weighted by Gasteiger charge is 2.23. The van der Waals surface area contributed by atoms with Crippen molar-refractivity contribution < 1.29 is 4.79 Å². The molecule has 0 saturated heterocycles. The van der Waals surface area contributed by atoms with Crippen molar-refractivity contribution in [2.24, 2.45) is 11.7 Å². The molecule has 0 bridgehead atoms. The summed E-state index contributed by atoms with van der Waals surface area (Å²) >= 11 is 1.61. The summed E-state index contributed by atoms with van der Waals surface area (Å²) in [4.78, 5) is 19.0. The van der Waals surface area contributed by atoms with E-state index in [1.807, 2.05) is 27.0 Å². The number of likely N-dealkylation sites (N-methyl/N-ethyl adjacent to an activating group) is 1. The number of thiazole rings is 1. The number of nitrogens with zero attached hydrogens (tertiary/aromatic N) is 2. The third-order valence-electron chi connectivity index (χ3n) is 2.98. The van der Waals surface area contributed by atoms with E-state index in [0.29, 0.717) is 6.54 Å². The Morgan fingerprint density at radius 1 is 1.61 bits per heavy atom. The number of aryl methyl sites for hydroxylation is 1. The molecule has 0 spiro atoms. The number of rotatable bonds is 5. The average molecular weight is 292 g/mol. The van der Waals surface area contributed by atoms with Gasteiger partial charge in [0.15, 0.2) is 0 Å². The van der Waals surface area contributed by atoms with Crippen molar-refractivity contribution in [2.45, 2.75) is 39.8 Å². The van der Waals surface area contributed by atoms with E-state index in [1.54, 1.807) is 23.3 Å². The zero-order valence-electron chi connectivity index (χ0n) is 11.3. The molecule has 0 saturated carbocycles. The Balaban J connectivity index is 0.00000289. The second-order valence-electron chi connectivity index (χ2n) is 4.45. The maximum Gasteiger partial charge on any atom is 0.239 e. The number of halogens is 1. The Morgan fingerprint density at radius 3 is 2.67 bits per heavy atom. The first kappa shape index (κ1) is 17.4. The molecule has 1 heterocycles. The number of hydrogen-bond acceptors (Lipinski definition) is 4. The van der Waals surface area contributed by atoms with E-state index in [-0.39, 0.29) is 24.2 Å². The van der Waals surface area contributed by atoms with Gasteiger partial charge in [0.1, 0.15) is 0 Å². The molecule has 6 heteroatoms. The molecule has 0 radical (unpaired) electrons. The van der Waals surface area contributed by atoms with Crippen LogP contribution in [0.1, 0.15) is 30.2 Å². The molecule has 4 nitrogen and oxygen atoms in total. The summed E-state index contributed by atoms with van der Waals surface area (Å²) in [6.45, 7) is 6.60. The highest BCUT2D eigenvalue weighted by molar-refractivity contribution is 7.11. The largest absolute Gasteiger partial charge is 0.339 e. The van der Waals surface area contributed by atoms with Crippen molar-refractivity contribution in [1.29, 1.82) is 0 Å². The van der Waals surface area contributed by atoms with Crippen LogP contribution < -0.4 is 5.73 Å². The van der Waals surface area contributed by atoms with Gasteiger partial charge in [-0.1, -0.05) is 20.3 Å². The Labute approximate surface area is 119 Å². The smallest absolute Gasteiger partial charge is 0.239 e. The van der Waals surface area contributed by atoms with Crippen LogP contribution in [0.5, 0.6) is 0 Å². The van der Waals surface area contributed by atoms with E-state index in [2.05, 4.69) is 4.98 Å². The second kappa shape index (κ2) is 7.71. The highest BCUT2D eigenvalue weighted by Crippen LogP contribution is 2.15. The summed E-state index contributed by atoms with van der Waals surface area (Å²) < 4.78 is 0. The number of hydrogen-bond donors (Lipinski definition) is 1. The quantitative estimate of drug-likeness (QED) is 0.905. The van der Waals surface area contributed by atoms with E-state index < -0.39 is 6.04 Å². The minimum atomic E-state index is -0.404. The topological polar surface area (TPSA) is 59.2 Å². The fourth-order valence-corrected chi connectivity index (χ4v) is 2.39. The maximum absolute atomic E-state index is 12.0. The standard InChI is InChI=1S/C12H21N3OS.ClH/c1-5-8(2)11(13)12(16)15(4)7-10-6-14-9(3)17-10;/h6,8,11H,5,7,13H2,1-4H3;1H. The third kappa shape index (κ3) is 4.55. The lowest BCUT2D eigenvalue weighted by Crippen LogP contribution is -2.45. The first-order chi connectivity index (χ1) is 7.95. The summed E-state index contributed by atoms with van der Waals surface area (Å²) in [6.07, 6.45) is 2.74. The number of carbonyl (C=O) groups excluding carboxylic acids is 1. The van der Waals surface area contributed by atoms with Gasteiger partial charge in [-0.2, -0.15) is 0 Å². The van der Waals surface area contributed by atoms with Crippen LogP contribution in [0.25, 0.3) is 0 Å². The van der Waals surface area contributed by atoms with Gasteiger partial charge in [0.05, 0.1) is 17.6 Å². The van der Waals surface area contributed by atoms with Crippen molar-refractivity contribution in [2.75, 3.05) is 7.05 Å². The van der Waals surface area contributed by atoms with E-state index in [9.17, 15) is 4.79 Å². The molecular formula is C12H22ClN3OS. The van der Waals surface area contributed by atoms with Gasteiger partial charge in [-0.05, 0) is 12.8 Å². The first-order valence-corrected chi connectivity index (χ1v) is 6.69. The van der Waals surface area contributed by atoms with E-state index in [4.69, 9.17) is 5.73 Å². The number of aromatic nitrogens is 1. The summed E-state index contributed by atoms with van der Waals surface area (Å²) in [5, 5.41) is 1.02. The molecule has 1 aromatic heterocycles. The van der Waals surface area contributed by atoms with Crippen LogP contribution in [-0.4, -0.2) is 28.9 Å². The molecule has 18 heavy (non-hydrogen) atoms. The van der Waals surface area contributed by atoms with Crippen LogP contribution in [0.2, 0.25) is 0 Å². The fraction of sp³-hybridized carbons (Fsp3) is 0.667. The molecule has 0 aliphatic carbocycles. The van der Waals surface area contributed by atoms with E-state index >= 15 is 0 Å². The fourth-order valence-electron chi connectivity index (χ4n) is 1.54. The molecule has 1 rings (SSSR count). The zero-order valence-corrected chi connectivity index (χ0v) is 13.0. The zero-order chi connectivity index (χ0) is 13.0. The SMILES string of the molecule is CCC(C)C(N)C(=O)N(C)Cc1cnc(C)s1.Cl. The lowest BCUT2D eigenvalue weighted by molar-refractivity contribution is -0.132. The number of carbonyl (C=O) groups is 1. The van der Waals surface area contributed by atoms with Crippen molar-refractivity contribution >= 4 is 29.7 Å². The lowest BCUT2D eigenvalue weighted by Gasteiger charge is -2.24. The van der Waals surface area contributed by atoms with Gasteiger partial charge in [-0.3, -0.25) is 4.79 Å². The maximum atomic E-state index is 12.0. The monoisotopic (exact) mass is 291 g/mol. The molecule has 1 aromatic rings. The van der Waals surface area contributed by atoms with E-state index in [1.165, 1.54) is 0 Å². The Kier molecular flexibility index (Phi) is 7.43. The van der Waals surface area contributed by atoms with Crippen LogP contribution in [0.3, 0.4) is 0 Å². The van der Waals surface area contributed by atoms with Crippen molar-refractivity contribution in [3.05, 3.63) is 16.1 Å². The summed E-state index contributed by atoms with van der Waals surface area (Å²) in [5.74, 6) is 0.221. The van der Waals surface area contributed by atoms with Gasteiger partial charge in [-0.15, -0.1) is 23.7 Å². The summed E-state index contributed by atoms with van der Waals surface area (Å²) in [7, 11) is 1.79. The Bertz CT molecular complexity index is 383. The minimum Gasteiger partial charge on any atom is -0.339 e. The normalized spacial score (nSPS) is 13.6. The van der Waals surface area contributed by atoms with Crippen molar-refractivity contribution in [1.82, 2.24) is 9.88 Å². The predicted molar refractivity (Wildman–Crippen MR) is 78.0 cm³/mol. The van der Waals surface area contributed by atoms with Crippen LogP contribution in [0.4, 0.5) is 0 Å². The third-order valence-corrected chi connectivity index (χ3v) is 3.88. The highest BCUT2D eigenvalue weighted by atomic mass is 35.5. The molecular weight excluding hydrogens is 270 g/mol. The molecule has 0 aliphatic rings. The van der Waals surface area contributed by atoms with Crippen LogP contribution >= 0.6 is 23.7 Å². The van der Waals surface area contributed by atoms with Crippen molar-refractivity contribution in [3.8, 4) is 0 Å². The number of nitrogens with two attached hydrogens (primary N) is 1. The van der Waals surface area contributed by atoms with Gasteiger partial charge in [-0.25, -0.2) is 4.98 Å². The Hall–Kier alpha value is -0.650. The predicted octanol–water partition coefficient (Wildman–Crippen LogP) is 2.21. The van der Waals surface area contributed by atoms with Crippen LogP contribution in [0, 0.1) is 12.8 Å². The molecule has 2 unspecified atom stereocenters. The molecule has 0 aromatic carbocycles. The van der Waals surface area contributed by atoms with Gasteiger partial charge in [0.25, 0.3) is 0 Å². The molecule has 2 N–H and O–H groups in total. The Morgan fingerprint density at radius 2 is 2.22 bits per heavy atom. The second-order valence-corrected chi connectivity index (χ2v) is 5.77. The number of amides is 1. The molecule has 2 atom stereocenters. The van der Waals surface area contributed by atoms with Crippen LogP contribution in [0.15, 0.2) is 6.20 Å². The summed E-state index contributed by atoms with van der Waals surface area (Å²) in [5.41, 5.74) is 5.93. The molecule has 104 valence electrons. The lowest BCUT2D eigenvalue weighted by atomic mass is 9.99. The summed E-state index contributed by atoms with van der Waals surface area (Å²) in [6, 6.07) is -0.404. The van der Waals surface area contributed by atoms with Gasteiger partial charge in [0, 0.05) is 18.1 Å². The molecule has 0 aliphatic heterocycles. The molecule has 0 fully saturated rings. The van der Waals surface area contributed by atoms with Crippen LogP contribution in [-0.2, 0) is 11.3 Å². The van der Waals surface area contributed by atoms with Gasteiger partial charge in [0.2, 0.25) is 5.91 Å². The van der Waals surface area contributed by atoms with Crippen molar-refractivity contribution in [3.63, 3.8) is 0 Å². The average Bonchev–Trinajstić information content (AvgIpc) is 2.71. The first-order valence-electron chi connectivity index (χ1n) is 5.87. The van der Waals surface area contributed by atoms with Gasteiger partial charge < -0.3 is 10.6 Å².